The van der Waals surface area contributed by atoms with Crippen LogP contribution in [0.2, 0.25) is 0 Å². The predicted octanol–water partition coefficient (Wildman–Crippen LogP) is 4.25. The van der Waals surface area contributed by atoms with E-state index in [0.717, 1.165) is 77.4 Å². The van der Waals surface area contributed by atoms with Gasteiger partial charge in [0.05, 0.1) is 32.5 Å². The van der Waals surface area contributed by atoms with Crippen molar-refractivity contribution in [1.29, 1.82) is 0 Å². The van der Waals surface area contributed by atoms with Crippen molar-refractivity contribution in [3.8, 4) is 0 Å². The maximum absolute atomic E-state index is 11.9. The Kier molecular flexibility index (Phi) is 25.0. The third kappa shape index (κ3) is 24.3. The van der Waals surface area contributed by atoms with Crippen LogP contribution in [0.3, 0.4) is 0 Å². The molecule has 0 aliphatic carbocycles. The first kappa shape index (κ1) is 33.8. The minimum absolute atomic E-state index is 0.0216. The number of hydrogen-bond acceptors (Lipinski definition) is 6. The average Bonchev–Trinajstić information content (AvgIpc) is 2.84. The van der Waals surface area contributed by atoms with Crippen LogP contribution >= 0.6 is 0 Å². The maximum Gasteiger partial charge on any atom is 0.246 e. The summed E-state index contributed by atoms with van der Waals surface area (Å²) in [5, 5.41) is 5.85. The molecular weight excluding hydrogens is 448 g/mol. The zero-order valence-electron chi connectivity index (χ0n) is 23.0. The summed E-state index contributed by atoms with van der Waals surface area (Å²) >= 11 is 0. The lowest BCUT2D eigenvalue weighted by atomic mass is 10.1. The molecular formula is C27H54N2O6. The summed E-state index contributed by atoms with van der Waals surface area (Å²) in [6.07, 6.45) is 10.4. The van der Waals surface area contributed by atoms with E-state index in [1.165, 1.54) is 0 Å². The molecule has 208 valence electrons. The first-order chi connectivity index (χ1) is 17.0. The van der Waals surface area contributed by atoms with Gasteiger partial charge < -0.3 is 29.6 Å². The number of carbonyl (C=O) groups is 2. The van der Waals surface area contributed by atoms with E-state index in [4.69, 9.17) is 18.9 Å². The van der Waals surface area contributed by atoms with E-state index in [1.807, 2.05) is 13.8 Å². The predicted molar refractivity (Wildman–Crippen MR) is 141 cm³/mol. The molecule has 2 amide bonds. The van der Waals surface area contributed by atoms with Gasteiger partial charge in [0.25, 0.3) is 0 Å². The molecule has 8 heteroatoms. The molecule has 35 heavy (non-hydrogen) atoms. The lowest BCUT2D eigenvalue weighted by Gasteiger charge is -2.16. The Morgan fingerprint density at radius 2 is 1.14 bits per heavy atom. The van der Waals surface area contributed by atoms with E-state index in [1.54, 1.807) is 0 Å². The van der Waals surface area contributed by atoms with Crippen LogP contribution in [0.15, 0.2) is 0 Å². The van der Waals surface area contributed by atoms with Gasteiger partial charge in [-0.25, -0.2) is 0 Å². The van der Waals surface area contributed by atoms with Gasteiger partial charge in [-0.15, -0.1) is 0 Å². The van der Waals surface area contributed by atoms with Crippen LogP contribution in [0.1, 0.15) is 91.9 Å². The van der Waals surface area contributed by atoms with Gasteiger partial charge in [-0.05, 0) is 51.4 Å². The molecule has 0 aromatic carbocycles. The van der Waals surface area contributed by atoms with Gasteiger partial charge in [-0.3, -0.25) is 9.59 Å². The lowest BCUT2D eigenvalue weighted by molar-refractivity contribution is -0.128. The highest BCUT2D eigenvalue weighted by Gasteiger charge is 2.09. The molecule has 0 aliphatic heterocycles. The summed E-state index contributed by atoms with van der Waals surface area (Å²) < 4.78 is 22.4. The fourth-order valence-corrected chi connectivity index (χ4v) is 3.40. The molecule has 0 unspecified atom stereocenters. The number of nitrogens with one attached hydrogen (secondary N) is 2. The van der Waals surface area contributed by atoms with Crippen LogP contribution in [0.25, 0.3) is 0 Å². The molecule has 0 bridgehead atoms. The van der Waals surface area contributed by atoms with Crippen LogP contribution in [-0.4, -0.2) is 77.3 Å². The van der Waals surface area contributed by atoms with Crippen LogP contribution in [-0.2, 0) is 28.5 Å². The highest BCUT2D eigenvalue weighted by atomic mass is 16.5. The van der Waals surface area contributed by atoms with Gasteiger partial charge in [-0.1, -0.05) is 40.5 Å². The molecule has 0 spiro atoms. The Labute approximate surface area is 214 Å². The van der Waals surface area contributed by atoms with E-state index in [2.05, 4.69) is 24.5 Å². The zero-order valence-corrected chi connectivity index (χ0v) is 23.0. The number of amides is 2. The smallest absolute Gasteiger partial charge is 0.246 e. The fraction of sp³-hybridized carbons (Fsp3) is 0.926. The van der Waals surface area contributed by atoms with Gasteiger partial charge in [0.1, 0.15) is 6.61 Å². The number of hydrogen-bond donors (Lipinski definition) is 2. The van der Waals surface area contributed by atoms with E-state index >= 15 is 0 Å². The van der Waals surface area contributed by atoms with Crippen LogP contribution in [0.5, 0.6) is 0 Å². The van der Waals surface area contributed by atoms with Crippen LogP contribution in [0, 0.1) is 5.92 Å². The monoisotopic (exact) mass is 502 g/mol. The van der Waals surface area contributed by atoms with Gasteiger partial charge in [-0.2, -0.15) is 0 Å². The minimum Gasteiger partial charge on any atom is -0.379 e. The highest BCUT2D eigenvalue weighted by molar-refractivity contribution is 5.77. The molecule has 0 saturated carbocycles. The molecule has 0 rings (SSSR count). The molecule has 0 radical (unpaired) electrons. The second kappa shape index (κ2) is 25.9. The third-order valence-electron chi connectivity index (χ3n) is 5.49. The van der Waals surface area contributed by atoms with Gasteiger partial charge in [0.2, 0.25) is 11.8 Å². The van der Waals surface area contributed by atoms with E-state index < -0.39 is 0 Å². The number of unbranched alkanes of at least 4 members (excludes halogenated alkanes) is 4. The number of rotatable bonds is 26. The van der Waals surface area contributed by atoms with E-state index in [-0.39, 0.29) is 30.4 Å². The van der Waals surface area contributed by atoms with Crippen molar-refractivity contribution < 1.29 is 28.5 Å². The Morgan fingerprint density at radius 3 is 1.63 bits per heavy atom. The van der Waals surface area contributed by atoms with Crippen molar-refractivity contribution in [2.24, 2.45) is 5.92 Å². The van der Waals surface area contributed by atoms with E-state index in [9.17, 15) is 9.59 Å². The Hall–Kier alpha value is -1.22. The summed E-state index contributed by atoms with van der Waals surface area (Å²) in [5.74, 6) is 0.146. The summed E-state index contributed by atoms with van der Waals surface area (Å²) in [6.45, 7) is 13.5. The molecule has 0 fully saturated rings. The van der Waals surface area contributed by atoms with Crippen molar-refractivity contribution in [3.05, 3.63) is 0 Å². The lowest BCUT2D eigenvalue weighted by Crippen LogP contribution is -2.30. The summed E-state index contributed by atoms with van der Waals surface area (Å²) in [6, 6.07) is 0. The number of ether oxygens (including phenoxy) is 4. The van der Waals surface area contributed by atoms with Crippen molar-refractivity contribution in [3.63, 3.8) is 0 Å². The average molecular weight is 503 g/mol. The second-order valence-electron chi connectivity index (χ2n) is 9.26. The van der Waals surface area contributed by atoms with Crippen molar-refractivity contribution in [2.45, 2.75) is 98.0 Å². The molecule has 0 aliphatic rings. The normalized spacial score (nSPS) is 11.4. The van der Waals surface area contributed by atoms with Crippen molar-refractivity contribution in [2.75, 3.05) is 59.3 Å². The Bertz CT molecular complexity index is 484. The zero-order chi connectivity index (χ0) is 26.0. The van der Waals surface area contributed by atoms with Gasteiger partial charge in [0.15, 0.2) is 0 Å². The molecule has 0 aromatic heterocycles. The topological polar surface area (TPSA) is 95.1 Å². The maximum atomic E-state index is 11.9. The largest absolute Gasteiger partial charge is 0.379 e. The van der Waals surface area contributed by atoms with Crippen molar-refractivity contribution in [1.82, 2.24) is 10.6 Å². The minimum atomic E-state index is -0.0216. The first-order valence-corrected chi connectivity index (χ1v) is 13.9. The molecule has 0 heterocycles. The Balaban J connectivity index is 3.27. The van der Waals surface area contributed by atoms with E-state index in [0.29, 0.717) is 39.6 Å². The Morgan fingerprint density at radius 1 is 0.657 bits per heavy atom. The van der Waals surface area contributed by atoms with Crippen molar-refractivity contribution >= 4 is 11.8 Å². The first-order valence-electron chi connectivity index (χ1n) is 13.9. The van der Waals surface area contributed by atoms with Gasteiger partial charge in [0, 0.05) is 32.2 Å². The summed E-state index contributed by atoms with van der Waals surface area (Å²) in [7, 11) is 0. The molecule has 0 atom stereocenters. The molecule has 2 N–H and O–H groups in total. The van der Waals surface area contributed by atoms with Crippen LogP contribution in [0.4, 0.5) is 0 Å². The third-order valence-corrected chi connectivity index (χ3v) is 5.49. The number of carbonyl (C=O) groups excluding carboxylic acids is 2. The SMILES string of the molecule is CCCC(CCC)OCC(=O)NCCCCCOCCOCCOCCCCCNC(=O)C(C)C. The standard InChI is InChI=1S/C27H54N2O6/c1-5-13-25(14-6-2)35-23-26(30)28-15-9-7-11-17-32-19-21-34-22-20-33-18-12-8-10-16-29-27(31)24(3)4/h24-25H,5-23H2,1-4H3,(H,28,30)(H,29,31). The molecule has 0 aromatic rings. The quantitative estimate of drug-likeness (QED) is 0.172. The van der Waals surface area contributed by atoms with Crippen LogP contribution < -0.4 is 10.6 Å². The summed E-state index contributed by atoms with van der Waals surface area (Å²) in [5.41, 5.74) is 0. The molecule has 8 nitrogen and oxygen atoms in total. The molecule has 0 saturated heterocycles. The fourth-order valence-electron chi connectivity index (χ4n) is 3.40. The highest BCUT2D eigenvalue weighted by Crippen LogP contribution is 2.08. The summed E-state index contributed by atoms with van der Waals surface area (Å²) in [4.78, 5) is 23.3. The van der Waals surface area contributed by atoms with Gasteiger partial charge >= 0.3 is 0 Å². The second-order valence-corrected chi connectivity index (χ2v) is 9.26.